The van der Waals surface area contributed by atoms with Crippen molar-refractivity contribution in [1.82, 2.24) is 9.55 Å². The van der Waals surface area contributed by atoms with E-state index < -0.39 is 46.5 Å². The van der Waals surface area contributed by atoms with Crippen molar-refractivity contribution in [2.75, 3.05) is 6.61 Å². The van der Waals surface area contributed by atoms with Crippen molar-refractivity contribution in [3.63, 3.8) is 0 Å². The van der Waals surface area contributed by atoms with Crippen LogP contribution in [-0.2, 0) is 23.8 Å². The summed E-state index contributed by atoms with van der Waals surface area (Å²) in [4.78, 5) is 46.8. The van der Waals surface area contributed by atoms with Gasteiger partial charge in [-0.05, 0) is 0 Å². The van der Waals surface area contributed by atoms with Gasteiger partial charge in [0.1, 0.15) is 18.8 Å². The van der Waals surface area contributed by atoms with Crippen LogP contribution in [0.5, 0.6) is 0 Å². The van der Waals surface area contributed by atoms with Crippen LogP contribution in [0.3, 0.4) is 0 Å². The first-order chi connectivity index (χ1) is 10.8. The number of carbonyl (C=O) groups is 2. The first-order valence-corrected chi connectivity index (χ1v) is 7.62. The van der Waals surface area contributed by atoms with Crippen LogP contribution < -0.4 is 11.2 Å². The maximum absolute atomic E-state index is 11.9. The Balaban J connectivity index is 2.27. The van der Waals surface area contributed by atoms with Crippen molar-refractivity contribution in [3.8, 4) is 0 Å². The van der Waals surface area contributed by atoms with Crippen LogP contribution in [-0.4, -0.2) is 45.1 Å². The van der Waals surface area contributed by atoms with Crippen LogP contribution in [0.4, 0.5) is 0 Å². The lowest BCUT2D eigenvalue weighted by Crippen LogP contribution is -2.37. The molecule has 0 radical (unpaired) electrons. The molecule has 1 aliphatic heterocycles. The Morgan fingerprint density at radius 2 is 2.04 bits per heavy atom. The molecule has 0 saturated carbocycles. The molecule has 1 aromatic rings. The first kappa shape index (κ1) is 17.4. The molecule has 9 nitrogen and oxygen atoms in total. The number of ether oxygens (including phenoxy) is 3. The van der Waals surface area contributed by atoms with Gasteiger partial charge in [-0.2, -0.15) is 0 Å². The number of carbonyl (C=O) groups excluding carboxylic acids is 2. The summed E-state index contributed by atoms with van der Waals surface area (Å²) in [6.45, 7) is 2.34. The lowest BCUT2D eigenvalue weighted by molar-refractivity contribution is -0.155. The Labute approximate surface area is 138 Å². The quantitative estimate of drug-likeness (QED) is 0.553. The van der Waals surface area contributed by atoms with Crippen molar-refractivity contribution in [2.24, 2.45) is 0 Å². The van der Waals surface area contributed by atoms with Crippen LogP contribution in [0.2, 0.25) is 0 Å². The minimum Gasteiger partial charge on any atom is -0.463 e. The Morgan fingerprint density at radius 1 is 1.35 bits per heavy atom. The van der Waals surface area contributed by atoms with E-state index in [0.717, 1.165) is 4.57 Å². The van der Waals surface area contributed by atoms with Crippen LogP contribution in [0.1, 0.15) is 20.1 Å². The second kappa shape index (κ2) is 7.09. The van der Waals surface area contributed by atoms with E-state index in [1.165, 1.54) is 26.1 Å². The highest BCUT2D eigenvalue weighted by Gasteiger charge is 2.47. The highest BCUT2D eigenvalue weighted by molar-refractivity contribution is 9.09. The van der Waals surface area contributed by atoms with Crippen LogP contribution in [0, 0.1) is 0 Å². The number of hydrogen-bond acceptors (Lipinski definition) is 7. The third-order valence-electron chi connectivity index (χ3n) is 3.15. The van der Waals surface area contributed by atoms with Crippen molar-refractivity contribution in [3.05, 3.63) is 33.1 Å². The molecular formula is C13H15BrN2O7. The monoisotopic (exact) mass is 390 g/mol. The standard InChI is InChI=1S/C13H15BrN2O7/c1-6(17)21-5-8-11(22-7(2)18)10(14)12(23-8)16-4-3-9(19)15-13(16)20/h3-4,8,10-12H,5H2,1-2H3,(H,15,19,20)/t8-,10?,11?,12-/m0/s1. The van der Waals surface area contributed by atoms with Gasteiger partial charge in [0, 0.05) is 26.1 Å². The van der Waals surface area contributed by atoms with E-state index >= 15 is 0 Å². The van der Waals surface area contributed by atoms with Crippen LogP contribution in [0.25, 0.3) is 0 Å². The zero-order valence-electron chi connectivity index (χ0n) is 12.4. The number of nitrogens with one attached hydrogen (secondary N) is 1. The Morgan fingerprint density at radius 3 is 2.61 bits per heavy atom. The fourth-order valence-corrected chi connectivity index (χ4v) is 3.04. The van der Waals surface area contributed by atoms with Crippen molar-refractivity contribution >= 4 is 27.9 Å². The Hall–Kier alpha value is -1.94. The van der Waals surface area contributed by atoms with E-state index in [1.807, 2.05) is 0 Å². The second-order valence-corrected chi connectivity index (χ2v) is 5.96. The number of alkyl halides is 1. The van der Waals surface area contributed by atoms with Gasteiger partial charge in [0.15, 0.2) is 6.23 Å². The summed E-state index contributed by atoms with van der Waals surface area (Å²) in [7, 11) is 0. The third-order valence-corrected chi connectivity index (χ3v) is 4.12. The number of hydrogen-bond donors (Lipinski definition) is 1. The molecule has 1 fully saturated rings. The van der Waals surface area contributed by atoms with Gasteiger partial charge in [-0.25, -0.2) is 4.79 Å². The zero-order chi connectivity index (χ0) is 17.1. The molecule has 1 saturated heterocycles. The molecular weight excluding hydrogens is 376 g/mol. The topological polar surface area (TPSA) is 117 Å². The predicted molar refractivity (Wildman–Crippen MR) is 80.1 cm³/mol. The lowest BCUT2D eigenvalue weighted by atomic mass is 10.2. The lowest BCUT2D eigenvalue weighted by Gasteiger charge is -2.19. The van der Waals surface area contributed by atoms with E-state index in [1.54, 1.807) is 0 Å². The number of halogens is 1. The van der Waals surface area contributed by atoms with Crippen molar-refractivity contribution in [1.29, 1.82) is 0 Å². The fraction of sp³-hybridized carbons (Fsp3) is 0.538. The van der Waals surface area contributed by atoms with Gasteiger partial charge in [0.05, 0.1) is 4.83 Å². The summed E-state index contributed by atoms with van der Waals surface area (Å²) >= 11 is 3.34. The number of rotatable bonds is 4. The summed E-state index contributed by atoms with van der Waals surface area (Å²) in [6.07, 6.45) is -1.09. The van der Waals surface area contributed by atoms with Gasteiger partial charge in [-0.15, -0.1) is 0 Å². The second-order valence-electron chi connectivity index (χ2n) is 4.90. The number of nitrogens with zero attached hydrogens (tertiary/aromatic N) is 1. The van der Waals surface area contributed by atoms with Gasteiger partial charge >= 0.3 is 17.6 Å². The third kappa shape index (κ3) is 4.08. The van der Waals surface area contributed by atoms with Crippen LogP contribution in [0.15, 0.2) is 21.9 Å². The van der Waals surface area contributed by atoms with E-state index in [4.69, 9.17) is 14.2 Å². The molecule has 23 heavy (non-hydrogen) atoms. The van der Waals surface area contributed by atoms with E-state index in [2.05, 4.69) is 20.9 Å². The highest BCUT2D eigenvalue weighted by atomic mass is 79.9. The number of esters is 2. The summed E-state index contributed by atoms with van der Waals surface area (Å²) < 4.78 is 16.9. The minimum atomic E-state index is -0.843. The maximum Gasteiger partial charge on any atom is 0.330 e. The molecule has 0 bridgehead atoms. The molecule has 1 aliphatic rings. The van der Waals surface area contributed by atoms with Crippen molar-refractivity contribution < 1.29 is 23.8 Å². The summed E-state index contributed by atoms with van der Waals surface area (Å²) in [5, 5.41) is 0. The fourth-order valence-electron chi connectivity index (χ4n) is 2.21. The molecule has 2 heterocycles. The SMILES string of the molecule is CC(=O)OC[C@@H]1O[C@H](n2ccc(=O)[nH]c2=O)C(Br)C1OC(C)=O. The predicted octanol–water partition coefficient (Wildman–Crippen LogP) is -0.308. The zero-order valence-corrected chi connectivity index (χ0v) is 13.9. The van der Waals surface area contributed by atoms with E-state index in [0.29, 0.717) is 0 Å². The average Bonchev–Trinajstić information content (AvgIpc) is 2.73. The molecule has 2 unspecified atom stereocenters. The summed E-state index contributed by atoms with van der Waals surface area (Å²) in [5.41, 5.74) is -1.20. The first-order valence-electron chi connectivity index (χ1n) is 6.71. The minimum absolute atomic E-state index is 0.135. The van der Waals surface area contributed by atoms with Gasteiger partial charge in [0.25, 0.3) is 5.56 Å². The van der Waals surface area contributed by atoms with Crippen molar-refractivity contribution in [2.45, 2.75) is 37.1 Å². The number of H-pyrrole nitrogens is 1. The molecule has 4 atom stereocenters. The molecule has 1 N–H and O–H groups in total. The van der Waals surface area contributed by atoms with Gasteiger partial charge in [-0.1, -0.05) is 15.9 Å². The molecule has 10 heteroatoms. The molecule has 2 rings (SSSR count). The van der Waals surface area contributed by atoms with E-state index in [-0.39, 0.29) is 6.61 Å². The number of aromatic amines is 1. The summed E-state index contributed by atoms with van der Waals surface area (Å²) in [6, 6.07) is 1.17. The Bertz CT molecular complexity index is 713. The molecule has 0 spiro atoms. The largest absolute Gasteiger partial charge is 0.463 e. The maximum atomic E-state index is 11.9. The molecule has 0 amide bonds. The Kier molecular flexibility index (Phi) is 5.37. The highest BCUT2D eigenvalue weighted by Crippen LogP contribution is 2.35. The molecule has 0 aromatic carbocycles. The van der Waals surface area contributed by atoms with Gasteiger partial charge < -0.3 is 14.2 Å². The van der Waals surface area contributed by atoms with Crippen LogP contribution >= 0.6 is 15.9 Å². The average molecular weight is 391 g/mol. The number of aromatic nitrogens is 2. The molecule has 0 aliphatic carbocycles. The molecule has 1 aromatic heterocycles. The normalized spacial score (nSPS) is 26.7. The van der Waals surface area contributed by atoms with Gasteiger partial charge in [0.2, 0.25) is 0 Å². The van der Waals surface area contributed by atoms with Gasteiger partial charge in [-0.3, -0.25) is 23.9 Å². The molecule has 126 valence electrons. The summed E-state index contributed by atoms with van der Waals surface area (Å²) in [5.74, 6) is -1.05. The van der Waals surface area contributed by atoms with E-state index in [9.17, 15) is 19.2 Å². The smallest absolute Gasteiger partial charge is 0.330 e.